The van der Waals surface area contributed by atoms with Crippen molar-refractivity contribution in [2.75, 3.05) is 5.32 Å². The highest BCUT2D eigenvalue weighted by Crippen LogP contribution is 2.10. The Kier molecular flexibility index (Phi) is 8.64. The van der Waals surface area contributed by atoms with E-state index in [1.807, 2.05) is 6.92 Å². The van der Waals surface area contributed by atoms with Gasteiger partial charge in [0.05, 0.1) is 0 Å². The molecule has 156 valence electrons. The number of amides is 3. The van der Waals surface area contributed by atoms with Crippen LogP contribution in [0, 0.1) is 5.82 Å². The Morgan fingerprint density at radius 1 is 1.00 bits per heavy atom. The minimum atomic E-state index is -0.516. The smallest absolute Gasteiger partial charge is 0.269 e. The molecule has 9 heteroatoms. The highest BCUT2D eigenvalue weighted by Gasteiger charge is 2.08. The maximum Gasteiger partial charge on any atom is 0.269 e. The summed E-state index contributed by atoms with van der Waals surface area (Å²) in [6.45, 7) is 1.91. The van der Waals surface area contributed by atoms with Crippen molar-refractivity contribution in [3.05, 3.63) is 71.6 Å². The molecule has 0 spiro atoms. The van der Waals surface area contributed by atoms with Crippen LogP contribution in [0.4, 0.5) is 10.1 Å². The number of hydrazine groups is 1. The van der Waals surface area contributed by atoms with Gasteiger partial charge < -0.3 is 5.32 Å². The second-order valence-electron chi connectivity index (χ2n) is 6.16. The molecule has 0 saturated heterocycles. The highest BCUT2D eigenvalue weighted by molar-refractivity contribution is 7.80. The average molecular weight is 428 g/mol. The summed E-state index contributed by atoms with van der Waals surface area (Å²) < 4.78 is 12.8. The van der Waals surface area contributed by atoms with Gasteiger partial charge in [0.1, 0.15) is 5.82 Å². The van der Waals surface area contributed by atoms with Gasteiger partial charge >= 0.3 is 0 Å². The standard InChI is InChI=1S/C21H21FN4O3S/c1-2-3-18(27)23-17-11-7-15(8-12-17)20(29)25-26-21(30)24-19(28)13-6-14-4-9-16(22)10-5-14/h4-13H,2-3H2,1H3,(H,23,27)(H,25,29)(H2,24,26,28,30)/b13-6+. The zero-order valence-corrected chi connectivity index (χ0v) is 17.0. The average Bonchev–Trinajstić information content (AvgIpc) is 2.72. The number of halogens is 1. The lowest BCUT2D eigenvalue weighted by Gasteiger charge is -2.10. The van der Waals surface area contributed by atoms with Crippen LogP contribution in [-0.2, 0) is 9.59 Å². The third kappa shape index (κ3) is 7.80. The Bertz CT molecular complexity index is 944. The first-order valence-electron chi connectivity index (χ1n) is 9.12. The fourth-order valence-corrected chi connectivity index (χ4v) is 2.42. The first-order valence-corrected chi connectivity index (χ1v) is 9.53. The van der Waals surface area contributed by atoms with E-state index in [1.54, 1.807) is 24.3 Å². The summed E-state index contributed by atoms with van der Waals surface area (Å²) in [5, 5.41) is 5.00. The number of nitrogens with one attached hydrogen (secondary N) is 4. The van der Waals surface area contributed by atoms with E-state index in [2.05, 4.69) is 21.5 Å². The molecule has 0 aromatic heterocycles. The molecule has 0 saturated carbocycles. The Labute approximate surface area is 178 Å². The summed E-state index contributed by atoms with van der Waals surface area (Å²) in [4.78, 5) is 35.5. The van der Waals surface area contributed by atoms with Crippen LogP contribution in [0.2, 0.25) is 0 Å². The summed E-state index contributed by atoms with van der Waals surface area (Å²) in [5.74, 6) is -1.45. The van der Waals surface area contributed by atoms with Crippen LogP contribution in [-0.4, -0.2) is 22.8 Å². The number of carbonyl (C=O) groups is 3. The van der Waals surface area contributed by atoms with Crippen molar-refractivity contribution in [3.8, 4) is 0 Å². The van der Waals surface area contributed by atoms with E-state index in [1.165, 1.54) is 36.4 Å². The highest BCUT2D eigenvalue weighted by atomic mass is 32.1. The Balaban J connectivity index is 1.78. The van der Waals surface area contributed by atoms with E-state index in [-0.39, 0.29) is 16.8 Å². The normalized spacial score (nSPS) is 10.3. The number of hydrogen-bond acceptors (Lipinski definition) is 4. The molecule has 0 heterocycles. The van der Waals surface area contributed by atoms with Crippen LogP contribution >= 0.6 is 12.2 Å². The van der Waals surface area contributed by atoms with Crippen molar-refractivity contribution >= 4 is 46.8 Å². The molecule has 0 fully saturated rings. The van der Waals surface area contributed by atoms with Crippen LogP contribution < -0.4 is 21.5 Å². The van der Waals surface area contributed by atoms with Crippen molar-refractivity contribution in [1.29, 1.82) is 0 Å². The van der Waals surface area contributed by atoms with Crippen LogP contribution in [0.15, 0.2) is 54.6 Å². The first kappa shape index (κ1) is 22.7. The van der Waals surface area contributed by atoms with Crippen LogP contribution in [0.25, 0.3) is 6.08 Å². The van der Waals surface area contributed by atoms with Gasteiger partial charge in [-0.1, -0.05) is 19.1 Å². The fraction of sp³-hybridized carbons (Fsp3) is 0.143. The Morgan fingerprint density at radius 3 is 2.30 bits per heavy atom. The molecule has 0 aliphatic carbocycles. The molecule has 2 rings (SSSR count). The zero-order valence-electron chi connectivity index (χ0n) is 16.2. The summed E-state index contributed by atoms with van der Waals surface area (Å²) in [6, 6.07) is 11.9. The summed E-state index contributed by atoms with van der Waals surface area (Å²) in [6.07, 6.45) is 3.90. The van der Waals surface area contributed by atoms with Crippen LogP contribution in [0.1, 0.15) is 35.7 Å². The van der Waals surface area contributed by atoms with E-state index in [0.717, 1.165) is 6.42 Å². The maximum atomic E-state index is 12.8. The maximum absolute atomic E-state index is 12.8. The van der Waals surface area contributed by atoms with Gasteiger partial charge in [0, 0.05) is 23.7 Å². The lowest BCUT2D eigenvalue weighted by molar-refractivity contribution is -0.116. The summed E-state index contributed by atoms with van der Waals surface area (Å²) in [5.41, 5.74) is 6.37. The van der Waals surface area contributed by atoms with Gasteiger partial charge in [0.25, 0.3) is 5.91 Å². The topological polar surface area (TPSA) is 99.3 Å². The molecule has 3 amide bonds. The number of thiocarbonyl (C=S) groups is 1. The van der Waals surface area contributed by atoms with Crippen molar-refractivity contribution in [2.24, 2.45) is 0 Å². The molecule has 0 aliphatic heterocycles. The van der Waals surface area contributed by atoms with E-state index in [0.29, 0.717) is 23.2 Å². The van der Waals surface area contributed by atoms with Crippen molar-refractivity contribution in [2.45, 2.75) is 19.8 Å². The Hall–Kier alpha value is -3.59. The lowest BCUT2D eigenvalue weighted by Crippen LogP contribution is -2.48. The monoisotopic (exact) mass is 428 g/mol. The third-order valence-electron chi connectivity index (χ3n) is 3.73. The predicted molar refractivity (Wildman–Crippen MR) is 117 cm³/mol. The molecule has 0 unspecified atom stereocenters. The van der Waals surface area contributed by atoms with Crippen molar-refractivity contribution in [1.82, 2.24) is 16.2 Å². The molecule has 0 atom stereocenters. The van der Waals surface area contributed by atoms with Crippen molar-refractivity contribution < 1.29 is 18.8 Å². The number of rotatable bonds is 6. The van der Waals surface area contributed by atoms with Crippen molar-refractivity contribution in [3.63, 3.8) is 0 Å². The molecule has 0 radical (unpaired) electrons. The number of carbonyl (C=O) groups excluding carboxylic acids is 3. The number of anilines is 1. The molecular formula is C21H21FN4O3S. The van der Waals surface area contributed by atoms with Gasteiger partial charge in [-0.25, -0.2) is 4.39 Å². The minimum Gasteiger partial charge on any atom is -0.326 e. The Morgan fingerprint density at radius 2 is 1.67 bits per heavy atom. The molecular weight excluding hydrogens is 407 g/mol. The fourth-order valence-electron chi connectivity index (χ4n) is 2.27. The van der Waals surface area contributed by atoms with Gasteiger partial charge in [-0.2, -0.15) is 0 Å². The number of benzene rings is 2. The zero-order chi connectivity index (χ0) is 21.9. The van der Waals surface area contributed by atoms with Gasteiger partial charge in [0.2, 0.25) is 11.8 Å². The summed E-state index contributed by atoms with van der Waals surface area (Å²) >= 11 is 4.95. The summed E-state index contributed by atoms with van der Waals surface area (Å²) in [7, 11) is 0. The van der Waals surface area contributed by atoms with Crippen LogP contribution in [0.3, 0.4) is 0 Å². The molecule has 4 N–H and O–H groups in total. The van der Waals surface area contributed by atoms with E-state index in [4.69, 9.17) is 12.2 Å². The predicted octanol–water partition coefficient (Wildman–Crippen LogP) is 2.91. The molecule has 0 bridgehead atoms. The molecule has 2 aromatic carbocycles. The van der Waals surface area contributed by atoms with Gasteiger partial charge in [-0.05, 0) is 66.7 Å². The second kappa shape index (κ2) is 11.4. The molecule has 0 aliphatic rings. The van der Waals surface area contributed by atoms with E-state index in [9.17, 15) is 18.8 Å². The van der Waals surface area contributed by atoms with Crippen LogP contribution in [0.5, 0.6) is 0 Å². The number of hydrogen-bond donors (Lipinski definition) is 4. The molecule has 30 heavy (non-hydrogen) atoms. The third-order valence-corrected chi connectivity index (χ3v) is 3.94. The lowest BCUT2D eigenvalue weighted by atomic mass is 10.2. The van der Waals surface area contributed by atoms with Gasteiger partial charge in [-0.15, -0.1) is 0 Å². The second-order valence-corrected chi connectivity index (χ2v) is 6.57. The largest absolute Gasteiger partial charge is 0.326 e. The quantitative estimate of drug-likeness (QED) is 0.322. The molecule has 2 aromatic rings. The first-order chi connectivity index (χ1) is 14.4. The minimum absolute atomic E-state index is 0.0917. The van der Waals surface area contributed by atoms with Gasteiger partial charge in [0.15, 0.2) is 5.11 Å². The SMILES string of the molecule is CCCC(=O)Nc1ccc(C(=O)NNC(=S)NC(=O)/C=C/c2ccc(F)cc2)cc1. The molecule has 7 nitrogen and oxygen atoms in total. The van der Waals surface area contributed by atoms with E-state index < -0.39 is 11.8 Å². The van der Waals surface area contributed by atoms with E-state index >= 15 is 0 Å². The van der Waals surface area contributed by atoms with Gasteiger partial charge in [-0.3, -0.25) is 30.6 Å².